The van der Waals surface area contributed by atoms with Gasteiger partial charge in [0.1, 0.15) is 9.75 Å². The van der Waals surface area contributed by atoms with Gasteiger partial charge in [0.25, 0.3) is 5.91 Å². The summed E-state index contributed by atoms with van der Waals surface area (Å²) in [6, 6.07) is 17.3. The summed E-state index contributed by atoms with van der Waals surface area (Å²) >= 11 is 13.4. The van der Waals surface area contributed by atoms with Crippen LogP contribution < -0.4 is 5.32 Å². The predicted octanol–water partition coefficient (Wildman–Crippen LogP) is 4.90. The zero-order valence-corrected chi connectivity index (χ0v) is 16.3. The van der Waals surface area contributed by atoms with Gasteiger partial charge in [0.15, 0.2) is 6.61 Å². The molecule has 7 heteroatoms. The highest BCUT2D eigenvalue weighted by molar-refractivity contribution is 7.99. The zero-order valence-electron chi connectivity index (χ0n) is 14.0. The summed E-state index contributed by atoms with van der Waals surface area (Å²) in [5.41, 5.74) is -0.290. The summed E-state index contributed by atoms with van der Waals surface area (Å²) in [4.78, 5) is 26.2. The van der Waals surface area contributed by atoms with E-state index in [4.69, 9.17) is 27.9 Å². The average Bonchev–Trinajstić information content (AvgIpc) is 3.15. The van der Waals surface area contributed by atoms with E-state index < -0.39 is 21.6 Å². The number of carbonyl (C=O) groups is 2. The van der Waals surface area contributed by atoms with E-state index in [0.29, 0.717) is 12.1 Å². The summed E-state index contributed by atoms with van der Waals surface area (Å²) in [5.74, 6) is -0.983. The molecule has 2 aromatic rings. The highest BCUT2D eigenvalue weighted by Crippen LogP contribution is 2.64. The molecule has 0 spiro atoms. The SMILES string of the molecule is C[C@@]1(C(=O)OCC(=O)Nc2ccccc2Sc2ccccc2)CC1(Cl)Cl. The fraction of sp³-hybridized carbons (Fsp3) is 0.263. The molecule has 1 N–H and O–H groups in total. The van der Waals surface area contributed by atoms with E-state index in [-0.39, 0.29) is 6.61 Å². The summed E-state index contributed by atoms with van der Waals surface area (Å²) in [6.45, 7) is 1.24. The first-order chi connectivity index (χ1) is 12.3. The van der Waals surface area contributed by atoms with E-state index in [1.54, 1.807) is 13.0 Å². The normalized spacial score (nSPS) is 20.3. The highest BCUT2D eigenvalue weighted by atomic mass is 35.5. The zero-order chi connectivity index (χ0) is 18.8. The molecule has 1 saturated carbocycles. The molecule has 2 aromatic carbocycles. The number of esters is 1. The fourth-order valence-electron chi connectivity index (χ4n) is 2.37. The molecule has 0 bridgehead atoms. The Balaban J connectivity index is 1.59. The van der Waals surface area contributed by atoms with Gasteiger partial charge >= 0.3 is 5.97 Å². The molecular formula is C19H17Cl2NO3S. The monoisotopic (exact) mass is 409 g/mol. The molecule has 0 aromatic heterocycles. The lowest BCUT2D eigenvalue weighted by Gasteiger charge is -2.13. The first-order valence-electron chi connectivity index (χ1n) is 7.99. The standard InChI is InChI=1S/C19H17Cl2NO3S/c1-18(12-19(18,20)21)17(24)25-11-16(23)22-14-9-5-6-10-15(14)26-13-7-3-2-4-8-13/h2-10H,11-12H2,1H3,(H,22,23)/t18-/m0/s1. The average molecular weight is 410 g/mol. The molecule has 1 aliphatic carbocycles. The maximum Gasteiger partial charge on any atom is 0.315 e. The molecule has 0 unspecified atom stereocenters. The topological polar surface area (TPSA) is 55.4 Å². The summed E-state index contributed by atoms with van der Waals surface area (Å²) < 4.78 is 3.96. The molecule has 3 rings (SSSR count). The van der Waals surface area contributed by atoms with Crippen molar-refractivity contribution in [2.24, 2.45) is 5.41 Å². The molecule has 0 heterocycles. The van der Waals surface area contributed by atoms with Gasteiger partial charge in [-0.1, -0.05) is 42.1 Å². The first-order valence-corrected chi connectivity index (χ1v) is 9.56. The van der Waals surface area contributed by atoms with Crippen LogP contribution in [0.2, 0.25) is 0 Å². The summed E-state index contributed by atoms with van der Waals surface area (Å²) in [5, 5.41) is 2.78. The van der Waals surface area contributed by atoms with Gasteiger partial charge < -0.3 is 10.1 Å². The molecule has 136 valence electrons. The van der Waals surface area contributed by atoms with Crippen molar-refractivity contribution in [1.29, 1.82) is 0 Å². The Morgan fingerprint density at radius 3 is 2.38 bits per heavy atom. The van der Waals surface area contributed by atoms with Crippen molar-refractivity contribution in [1.82, 2.24) is 0 Å². The van der Waals surface area contributed by atoms with E-state index in [1.807, 2.05) is 48.5 Å². The van der Waals surface area contributed by atoms with Crippen molar-refractivity contribution in [3.8, 4) is 0 Å². The van der Waals surface area contributed by atoms with Crippen LogP contribution in [-0.2, 0) is 14.3 Å². The van der Waals surface area contributed by atoms with Crippen LogP contribution in [0.15, 0.2) is 64.4 Å². The maximum atomic E-state index is 12.2. The number of alkyl halides is 2. The van der Waals surface area contributed by atoms with Gasteiger partial charge in [-0.15, -0.1) is 23.2 Å². The minimum atomic E-state index is -1.11. The maximum absolute atomic E-state index is 12.2. The largest absolute Gasteiger partial charge is 0.455 e. The van der Waals surface area contributed by atoms with E-state index >= 15 is 0 Å². The van der Waals surface area contributed by atoms with Crippen LogP contribution in [-0.4, -0.2) is 22.8 Å². The molecule has 1 amide bonds. The second-order valence-corrected chi connectivity index (χ2v) is 8.85. The van der Waals surface area contributed by atoms with Gasteiger partial charge in [0.05, 0.1) is 5.69 Å². The Hall–Kier alpha value is -1.69. The lowest BCUT2D eigenvalue weighted by molar-refractivity contribution is -0.152. The van der Waals surface area contributed by atoms with Crippen LogP contribution in [0, 0.1) is 5.41 Å². The van der Waals surface area contributed by atoms with E-state index in [0.717, 1.165) is 9.79 Å². The second kappa shape index (κ2) is 7.51. The highest BCUT2D eigenvalue weighted by Gasteiger charge is 2.69. The number of amides is 1. The molecule has 0 saturated heterocycles. The third kappa shape index (κ3) is 4.17. The van der Waals surface area contributed by atoms with Gasteiger partial charge in [-0.3, -0.25) is 9.59 Å². The van der Waals surface area contributed by atoms with Gasteiger partial charge in [-0.2, -0.15) is 0 Å². The number of hydrogen-bond donors (Lipinski definition) is 1. The van der Waals surface area contributed by atoms with Crippen LogP contribution in [0.4, 0.5) is 5.69 Å². The third-order valence-corrected chi connectivity index (χ3v) is 6.36. The van der Waals surface area contributed by atoms with Gasteiger partial charge in [0.2, 0.25) is 0 Å². The number of para-hydroxylation sites is 1. The van der Waals surface area contributed by atoms with Crippen LogP contribution in [0.3, 0.4) is 0 Å². The molecule has 0 aliphatic heterocycles. The number of halogens is 2. The first kappa shape index (κ1) is 19.1. The number of hydrogen-bond acceptors (Lipinski definition) is 4. The molecule has 1 fully saturated rings. The second-order valence-electron chi connectivity index (χ2n) is 6.25. The fourth-order valence-corrected chi connectivity index (χ4v) is 3.98. The van der Waals surface area contributed by atoms with Crippen LogP contribution >= 0.6 is 35.0 Å². The van der Waals surface area contributed by atoms with E-state index in [1.165, 1.54) is 11.8 Å². The van der Waals surface area contributed by atoms with E-state index in [9.17, 15) is 9.59 Å². The molecule has 1 atom stereocenters. The Morgan fingerprint density at radius 1 is 1.12 bits per heavy atom. The van der Waals surface area contributed by atoms with Crippen molar-refractivity contribution >= 4 is 52.5 Å². The molecular weight excluding hydrogens is 393 g/mol. The van der Waals surface area contributed by atoms with E-state index in [2.05, 4.69) is 5.32 Å². The minimum absolute atomic E-state index is 0.320. The van der Waals surface area contributed by atoms with Crippen molar-refractivity contribution in [3.05, 3.63) is 54.6 Å². The number of ether oxygens (including phenoxy) is 1. The van der Waals surface area contributed by atoms with Gasteiger partial charge in [-0.05, 0) is 31.2 Å². The number of carbonyl (C=O) groups excluding carboxylic acids is 2. The third-order valence-electron chi connectivity index (χ3n) is 4.17. The van der Waals surface area contributed by atoms with Crippen LogP contribution in [0.5, 0.6) is 0 Å². The smallest absolute Gasteiger partial charge is 0.315 e. The van der Waals surface area contributed by atoms with Gasteiger partial charge in [-0.25, -0.2) is 0 Å². The minimum Gasteiger partial charge on any atom is -0.455 e. The summed E-state index contributed by atoms with van der Waals surface area (Å²) in [6.07, 6.45) is 0.320. The number of rotatable bonds is 6. The number of benzene rings is 2. The molecule has 26 heavy (non-hydrogen) atoms. The van der Waals surface area contributed by atoms with Crippen molar-refractivity contribution < 1.29 is 14.3 Å². The number of nitrogens with one attached hydrogen (secondary N) is 1. The molecule has 4 nitrogen and oxygen atoms in total. The van der Waals surface area contributed by atoms with Crippen LogP contribution in [0.25, 0.3) is 0 Å². The van der Waals surface area contributed by atoms with Crippen molar-refractivity contribution in [2.75, 3.05) is 11.9 Å². The quantitative estimate of drug-likeness (QED) is 0.544. The summed E-state index contributed by atoms with van der Waals surface area (Å²) in [7, 11) is 0. The van der Waals surface area contributed by atoms with Crippen molar-refractivity contribution in [3.63, 3.8) is 0 Å². The Labute approximate surface area is 166 Å². The Bertz CT molecular complexity index is 829. The predicted molar refractivity (Wildman–Crippen MR) is 104 cm³/mol. The van der Waals surface area contributed by atoms with Gasteiger partial charge in [0, 0.05) is 16.2 Å². The Morgan fingerprint density at radius 2 is 1.73 bits per heavy atom. The van der Waals surface area contributed by atoms with Crippen LogP contribution in [0.1, 0.15) is 13.3 Å². The molecule has 0 radical (unpaired) electrons. The number of anilines is 1. The lowest BCUT2D eigenvalue weighted by Crippen LogP contribution is -2.26. The Kier molecular flexibility index (Phi) is 5.51. The lowest BCUT2D eigenvalue weighted by atomic mass is 10.1. The molecule has 1 aliphatic rings. The van der Waals surface area contributed by atoms with Crippen molar-refractivity contribution in [2.45, 2.75) is 27.5 Å².